The predicted molar refractivity (Wildman–Crippen MR) is 113 cm³/mol. The highest BCUT2D eigenvalue weighted by Crippen LogP contribution is 2.23. The van der Waals surface area contributed by atoms with Gasteiger partial charge in [0.25, 0.3) is 5.91 Å². The van der Waals surface area contributed by atoms with E-state index in [0.29, 0.717) is 0 Å². The summed E-state index contributed by atoms with van der Waals surface area (Å²) in [5.74, 6) is 1.08. The van der Waals surface area contributed by atoms with Gasteiger partial charge in [-0.25, -0.2) is 9.97 Å². The molecule has 1 amide bonds. The Morgan fingerprint density at radius 3 is 2.57 bits per heavy atom. The largest absolute Gasteiger partial charge is 0.339 e. The first-order valence-corrected chi connectivity index (χ1v) is 11.3. The molecule has 0 aromatic carbocycles. The van der Waals surface area contributed by atoms with Gasteiger partial charge in [0, 0.05) is 56.5 Å². The van der Waals surface area contributed by atoms with Gasteiger partial charge in [0.15, 0.2) is 0 Å². The minimum Gasteiger partial charge on any atom is -0.339 e. The number of hydrogen-bond donors (Lipinski definition) is 0. The molecule has 0 unspecified atom stereocenters. The molecule has 0 atom stereocenters. The summed E-state index contributed by atoms with van der Waals surface area (Å²) < 4.78 is 0. The van der Waals surface area contributed by atoms with Crippen LogP contribution in [0.3, 0.4) is 0 Å². The minimum atomic E-state index is 0.243. The maximum absolute atomic E-state index is 12.8. The average Bonchev–Trinajstić information content (AvgIpc) is 3.20. The molecule has 150 valence electrons. The summed E-state index contributed by atoms with van der Waals surface area (Å²) in [4.78, 5) is 29.6. The lowest BCUT2D eigenvalue weighted by Gasteiger charge is -2.34. The van der Waals surface area contributed by atoms with Gasteiger partial charge in [0.2, 0.25) is 5.95 Å². The summed E-state index contributed by atoms with van der Waals surface area (Å²) in [5, 5.41) is 2.06. The van der Waals surface area contributed by atoms with Crippen molar-refractivity contribution < 1.29 is 4.79 Å². The highest BCUT2D eigenvalue weighted by atomic mass is 32.1. The molecule has 28 heavy (non-hydrogen) atoms. The van der Waals surface area contributed by atoms with Gasteiger partial charge in [-0.1, -0.05) is 0 Å². The molecule has 6 nitrogen and oxygen atoms in total. The molecular weight excluding hydrogens is 370 g/mol. The Labute approximate surface area is 171 Å². The lowest BCUT2D eigenvalue weighted by molar-refractivity contribution is 0.0743. The molecule has 7 heteroatoms. The van der Waals surface area contributed by atoms with E-state index >= 15 is 0 Å². The van der Waals surface area contributed by atoms with E-state index in [1.165, 1.54) is 11.3 Å². The number of piperazine rings is 1. The number of aromatic nitrogens is 2. The number of unbranched alkanes of at least 4 members (excludes halogenated alkanes) is 1. The average molecular weight is 400 g/mol. The van der Waals surface area contributed by atoms with Crippen molar-refractivity contribution in [3.8, 4) is 0 Å². The van der Waals surface area contributed by atoms with E-state index in [9.17, 15) is 4.79 Å². The Kier molecular flexibility index (Phi) is 6.54. The van der Waals surface area contributed by atoms with Crippen LogP contribution in [0.4, 0.5) is 5.95 Å². The third-order valence-electron chi connectivity index (χ3n) is 5.70. The lowest BCUT2D eigenvalue weighted by Crippen LogP contribution is -2.47. The van der Waals surface area contributed by atoms with Crippen molar-refractivity contribution in [3.63, 3.8) is 0 Å². The smallest absolute Gasteiger partial charge is 0.254 e. The zero-order valence-electron chi connectivity index (χ0n) is 16.4. The summed E-state index contributed by atoms with van der Waals surface area (Å²) in [6.45, 7) is 6.97. The molecule has 0 radical (unpaired) electrons. The molecule has 0 saturated carbocycles. The first kappa shape index (κ1) is 19.3. The number of rotatable bonds is 6. The standard InChI is InChI=1S/C21H29N5OS/c27-20-18-7-17-28-19(18)6-1-2-11-25(20)12-4-3-10-24-13-15-26(16-14-24)21-22-8-5-9-23-21/h5,7-9,17H,1-4,6,10-16H2. The Morgan fingerprint density at radius 1 is 0.964 bits per heavy atom. The first-order chi connectivity index (χ1) is 13.8. The molecule has 4 heterocycles. The summed E-state index contributed by atoms with van der Waals surface area (Å²) in [6, 6.07) is 3.87. The normalized spacial score (nSPS) is 18.6. The van der Waals surface area contributed by atoms with E-state index in [-0.39, 0.29) is 5.91 Å². The molecule has 2 aliphatic rings. The molecule has 2 aromatic heterocycles. The Bertz CT molecular complexity index is 757. The second-order valence-electron chi connectivity index (χ2n) is 7.59. The minimum absolute atomic E-state index is 0.243. The number of aryl methyl sites for hydroxylation is 1. The van der Waals surface area contributed by atoms with E-state index in [1.807, 2.05) is 12.1 Å². The molecule has 0 aliphatic carbocycles. The second kappa shape index (κ2) is 9.47. The molecular formula is C21H29N5OS. The maximum atomic E-state index is 12.8. The predicted octanol–water partition coefficient (Wildman–Crippen LogP) is 2.92. The van der Waals surface area contributed by atoms with E-state index in [2.05, 4.69) is 30.0 Å². The molecule has 0 spiro atoms. The maximum Gasteiger partial charge on any atom is 0.254 e. The van der Waals surface area contributed by atoms with Gasteiger partial charge >= 0.3 is 0 Å². The third-order valence-corrected chi connectivity index (χ3v) is 6.69. The molecule has 4 rings (SSSR count). The summed E-state index contributed by atoms with van der Waals surface area (Å²) in [7, 11) is 0. The Balaban J connectivity index is 1.19. The van der Waals surface area contributed by atoms with Crippen LogP contribution in [0.1, 0.15) is 40.9 Å². The van der Waals surface area contributed by atoms with Crippen LogP contribution in [0.25, 0.3) is 0 Å². The van der Waals surface area contributed by atoms with E-state index < -0.39 is 0 Å². The fraction of sp³-hybridized carbons (Fsp3) is 0.571. The zero-order valence-corrected chi connectivity index (χ0v) is 17.2. The van der Waals surface area contributed by atoms with Crippen molar-refractivity contribution >= 4 is 23.2 Å². The number of fused-ring (bicyclic) bond motifs is 1. The van der Waals surface area contributed by atoms with Gasteiger partial charge < -0.3 is 9.80 Å². The summed E-state index contributed by atoms with van der Waals surface area (Å²) in [6.07, 6.45) is 9.20. The Morgan fingerprint density at radius 2 is 1.75 bits per heavy atom. The van der Waals surface area contributed by atoms with Crippen molar-refractivity contribution in [2.45, 2.75) is 32.1 Å². The second-order valence-corrected chi connectivity index (χ2v) is 8.59. The van der Waals surface area contributed by atoms with Gasteiger partial charge in [-0.3, -0.25) is 9.69 Å². The van der Waals surface area contributed by atoms with Crippen LogP contribution in [0.2, 0.25) is 0 Å². The fourth-order valence-corrected chi connectivity index (χ4v) is 4.98. The number of thiophene rings is 1. The van der Waals surface area contributed by atoms with Crippen molar-refractivity contribution in [2.75, 3.05) is 50.7 Å². The van der Waals surface area contributed by atoms with E-state index in [1.54, 1.807) is 23.7 Å². The van der Waals surface area contributed by atoms with Gasteiger partial charge in [0.1, 0.15) is 0 Å². The monoisotopic (exact) mass is 399 g/mol. The van der Waals surface area contributed by atoms with Crippen molar-refractivity contribution in [3.05, 3.63) is 40.3 Å². The molecule has 1 saturated heterocycles. The summed E-state index contributed by atoms with van der Waals surface area (Å²) in [5.41, 5.74) is 0.948. The Hall–Kier alpha value is -1.99. The number of nitrogens with zero attached hydrogens (tertiary/aromatic N) is 5. The highest BCUT2D eigenvalue weighted by molar-refractivity contribution is 7.10. The quantitative estimate of drug-likeness (QED) is 0.699. The van der Waals surface area contributed by atoms with Crippen LogP contribution in [-0.4, -0.2) is 71.5 Å². The zero-order chi connectivity index (χ0) is 19.2. The topological polar surface area (TPSA) is 52.6 Å². The number of anilines is 1. The highest BCUT2D eigenvalue weighted by Gasteiger charge is 2.22. The van der Waals surface area contributed by atoms with Crippen LogP contribution < -0.4 is 4.90 Å². The van der Waals surface area contributed by atoms with Gasteiger partial charge in [-0.2, -0.15) is 0 Å². The van der Waals surface area contributed by atoms with Crippen LogP contribution in [0.15, 0.2) is 29.9 Å². The van der Waals surface area contributed by atoms with Crippen LogP contribution >= 0.6 is 11.3 Å². The number of amides is 1. The van der Waals surface area contributed by atoms with E-state index in [0.717, 1.165) is 83.0 Å². The SMILES string of the molecule is O=C1c2ccsc2CCCCN1CCCCN1CCN(c2ncccn2)CC1. The first-order valence-electron chi connectivity index (χ1n) is 10.4. The molecule has 2 aromatic rings. The molecule has 0 bridgehead atoms. The van der Waals surface area contributed by atoms with Crippen LogP contribution in [0.5, 0.6) is 0 Å². The van der Waals surface area contributed by atoms with Crippen LogP contribution in [-0.2, 0) is 6.42 Å². The lowest BCUT2D eigenvalue weighted by atomic mass is 10.1. The van der Waals surface area contributed by atoms with Gasteiger partial charge in [-0.15, -0.1) is 11.3 Å². The molecule has 1 fully saturated rings. The number of carbonyl (C=O) groups excluding carboxylic acids is 1. The fourth-order valence-electron chi connectivity index (χ4n) is 4.06. The number of carbonyl (C=O) groups is 1. The van der Waals surface area contributed by atoms with Gasteiger partial charge in [-0.05, 0) is 56.2 Å². The van der Waals surface area contributed by atoms with E-state index in [4.69, 9.17) is 0 Å². The number of hydrogen-bond acceptors (Lipinski definition) is 6. The van der Waals surface area contributed by atoms with Crippen molar-refractivity contribution in [2.24, 2.45) is 0 Å². The third kappa shape index (κ3) is 4.70. The van der Waals surface area contributed by atoms with Crippen molar-refractivity contribution in [1.29, 1.82) is 0 Å². The summed E-state index contributed by atoms with van der Waals surface area (Å²) >= 11 is 1.73. The molecule has 2 aliphatic heterocycles. The van der Waals surface area contributed by atoms with Crippen molar-refractivity contribution in [1.82, 2.24) is 19.8 Å². The molecule has 0 N–H and O–H groups in total. The van der Waals surface area contributed by atoms with Crippen LogP contribution in [0, 0.1) is 0 Å². The van der Waals surface area contributed by atoms with Gasteiger partial charge in [0.05, 0.1) is 5.56 Å².